The standard InChI is InChI=1S/C13H20N/c1-2-14-9-13-6-10-3-11(7-13)5-12(4-10)8-13/h10-12H,2-8H2,1H3/q+1. The normalized spacial score (nSPS) is 48.8. The zero-order chi connectivity index (χ0) is 9.60. The summed E-state index contributed by atoms with van der Waals surface area (Å²) in [5.41, 5.74) is 0.435. The van der Waals surface area contributed by atoms with Crippen LogP contribution in [0.4, 0.5) is 0 Å². The Morgan fingerprint density at radius 2 is 1.57 bits per heavy atom. The van der Waals surface area contributed by atoms with Crippen molar-refractivity contribution >= 4 is 0 Å². The van der Waals surface area contributed by atoms with Gasteiger partial charge in [0.1, 0.15) is 5.41 Å². The molecule has 1 heteroatoms. The van der Waals surface area contributed by atoms with E-state index in [1.165, 1.54) is 38.5 Å². The highest BCUT2D eigenvalue weighted by molar-refractivity contribution is 5.14. The van der Waals surface area contributed by atoms with Gasteiger partial charge in [0.15, 0.2) is 0 Å². The summed E-state index contributed by atoms with van der Waals surface area (Å²) in [4.78, 5) is 4.41. The molecule has 4 aliphatic rings. The van der Waals surface area contributed by atoms with Crippen LogP contribution in [-0.4, -0.2) is 6.54 Å². The van der Waals surface area contributed by atoms with Crippen LogP contribution in [0.2, 0.25) is 0 Å². The van der Waals surface area contributed by atoms with E-state index in [0.29, 0.717) is 5.41 Å². The summed E-state index contributed by atoms with van der Waals surface area (Å²) in [6, 6.07) is 3.50. The summed E-state index contributed by atoms with van der Waals surface area (Å²) < 4.78 is 0. The molecule has 0 unspecified atom stereocenters. The van der Waals surface area contributed by atoms with E-state index in [-0.39, 0.29) is 0 Å². The Balaban J connectivity index is 1.87. The van der Waals surface area contributed by atoms with Gasteiger partial charge in [-0.15, -0.1) is 0 Å². The monoisotopic (exact) mass is 190 g/mol. The van der Waals surface area contributed by atoms with E-state index in [0.717, 1.165) is 24.3 Å². The van der Waals surface area contributed by atoms with Crippen LogP contribution in [0.15, 0.2) is 0 Å². The van der Waals surface area contributed by atoms with Crippen molar-refractivity contribution in [1.29, 1.82) is 0 Å². The third kappa shape index (κ3) is 1.28. The lowest BCUT2D eigenvalue weighted by Crippen LogP contribution is -2.45. The van der Waals surface area contributed by atoms with Gasteiger partial charge >= 0.3 is 0 Å². The van der Waals surface area contributed by atoms with Crippen LogP contribution in [-0.2, 0) is 0 Å². The predicted octanol–water partition coefficient (Wildman–Crippen LogP) is 3.56. The lowest BCUT2D eigenvalue weighted by Gasteiger charge is -2.52. The zero-order valence-electron chi connectivity index (χ0n) is 9.13. The molecule has 0 aromatic heterocycles. The third-order valence-electron chi connectivity index (χ3n) is 4.51. The largest absolute Gasteiger partial charge is 0.279 e. The van der Waals surface area contributed by atoms with Gasteiger partial charge in [-0.1, -0.05) is 4.85 Å². The SMILES string of the molecule is CC[N+]#CC12CC3CC(CC(C3)C1)C2. The first kappa shape index (κ1) is 8.77. The molecule has 1 nitrogen and oxygen atoms in total. The molecule has 0 aromatic carbocycles. The zero-order valence-corrected chi connectivity index (χ0v) is 9.13. The van der Waals surface area contributed by atoms with E-state index in [1.807, 2.05) is 0 Å². The molecule has 0 atom stereocenters. The molecule has 4 aliphatic carbocycles. The van der Waals surface area contributed by atoms with Crippen molar-refractivity contribution in [3.8, 4) is 6.07 Å². The van der Waals surface area contributed by atoms with E-state index < -0.39 is 0 Å². The van der Waals surface area contributed by atoms with Crippen LogP contribution in [0.25, 0.3) is 4.85 Å². The second-order valence-electron chi connectivity index (χ2n) is 5.78. The molecule has 0 saturated heterocycles. The van der Waals surface area contributed by atoms with E-state index >= 15 is 0 Å². The Kier molecular flexibility index (Phi) is 1.87. The van der Waals surface area contributed by atoms with Gasteiger partial charge in [-0.05, 0) is 56.3 Å². The van der Waals surface area contributed by atoms with Gasteiger partial charge in [-0.2, -0.15) is 0 Å². The van der Waals surface area contributed by atoms with Gasteiger partial charge in [0.25, 0.3) is 12.6 Å². The maximum Gasteiger partial charge on any atom is 0.279 e. The summed E-state index contributed by atoms with van der Waals surface area (Å²) in [7, 11) is 0. The second kappa shape index (κ2) is 2.99. The van der Waals surface area contributed by atoms with Crippen molar-refractivity contribution in [3.63, 3.8) is 0 Å². The number of nitrogens with zero attached hydrogens (tertiary/aromatic N) is 1. The van der Waals surface area contributed by atoms with E-state index in [9.17, 15) is 0 Å². The predicted molar refractivity (Wildman–Crippen MR) is 58.4 cm³/mol. The topological polar surface area (TPSA) is 4.36 Å². The fourth-order valence-electron chi connectivity index (χ4n) is 4.49. The molecule has 0 aromatic rings. The van der Waals surface area contributed by atoms with Crippen molar-refractivity contribution in [3.05, 3.63) is 4.85 Å². The lowest BCUT2D eigenvalue weighted by atomic mass is 9.50. The van der Waals surface area contributed by atoms with Crippen LogP contribution in [0.3, 0.4) is 0 Å². The maximum atomic E-state index is 4.41. The molecule has 0 aliphatic heterocycles. The minimum absolute atomic E-state index is 0.435. The van der Waals surface area contributed by atoms with E-state index in [1.54, 1.807) is 0 Å². The molecule has 0 amide bonds. The average molecular weight is 190 g/mol. The summed E-state index contributed by atoms with van der Waals surface area (Å²) in [6.07, 6.45) is 8.78. The maximum absolute atomic E-state index is 4.41. The van der Waals surface area contributed by atoms with Gasteiger partial charge in [-0.3, -0.25) is 0 Å². The highest BCUT2D eigenvalue weighted by Gasteiger charge is 2.53. The molecule has 14 heavy (non-hydrogen) atoms. The van der Waals surface area contributed by atoms with Crippen molar-refractivity contribution in [2.45, 2.75) is 45.4 Å². The quantitative estimate of drug-likeness (QED) is 0.550. The first-order chi connectivity index (χ1) is 6.80. The van der Waals surface area contributed by atoms with Crippen molar-refractivity contribution in [2.24, 2.45) is 23.2 Å². The average Bonchev–Trinajstić information content (AvgIpc) is 2.12. The van der Waals surface area contributed by atoms with Crippen LogP contribution in [0.1, 0.15) is 45.4 Å². The fourth-order valence-corrected chi connectivity index (χ4v) is 4.49. The molecule has 4 bridgehead atoms. The highest BCUT2D eigenvalue weighted by atomic mass is 14.7. The van der Waals surface area contributed by atoms with Crippen LogP contribution in [0, 0.1) is 29.2 Å². The summed E-state index contributed by atoms with van der Waals surface area (Å²) in [5, 5.41) is 0. The van der Waals surface area contributed by atoms with Gasteiger partial charge in [-0.25, -0.2) is 0 Å². The van der Waals surface area contributed by atoms with E-state index in [2.05, 4.69) is 17.8 Å². The molecule has 4 saturated carbocycles. The molecule has 0 N–H and O–H groups in total. The molecule has 0 spiro atoms. The molecular weight excluding hydrogens is 170 g/mol. The highest BCUT2D eigenvalue weighted by Crippen LogP contribution is 2.59. The van der Waals surface area contributed by atoms with Gasteiger partial charge in [0.2, 0.25) is 0 Å². The molecular formula is C13H20N+. The summed E-state index contributed by atoms with van der Waals surface area (Å²) in [5.74, 6) is 3.09. The number of hydrogen-bond acceptors (Lipinski definition) is 0. The second-order valence-corrected chi connectivity index (χ2v) is 5.78. The number of rotatable bonds is 0. The van der Waals surface area contributed by atoms with Gasteiger partial charge < -0.3 is 0 Å². The Labute approximate surface area is 86.7 Å². The first-order valence-corrected chi connectivity index (χ1v) is 6.23. The lowest BCUT2D eigenvalue weighted by molar-refractivity contribution is -0.0183. The molecule has 0 heterocycles. The van der Waals surface area contributed by atoms with Crippen LogP contribution < -0.4 is 0 Å². The molecule has 0 radical (unpaired) electrons. The summed E-state index contributed by atoms with van der Waals surface area (Å²) in [6.45, 7) is 3.04. The third-order valence-corrected chi connectivity index (χ3v) is 4.51. The Morgan fingerprint density at radius 3 is 2.00 bits per heavy atom. The van der Waals surface area contributed by atoms with Crippen LogP contribution >= 0.6 is 0 Å². The van der Waals surface area contributed by atoms with Crippen molar-refractivity contribution in [2.75, 3.05) is 6.54 Å². The van der Waals surface area contributed by atoms with E-state index in [4.69, 9.17) is 0 Å². The minimum Gasteiger partial charge on any atom is -0.0834 e. The minimum atomic E-state index is 0.435. The fraction of sp³-hybridized carbons (Fsp3) is 0.923. The smallest absolute Gasteiger partial charge is 0.0834 e. The van der Waals surface area contributed by atoms with Crippen molar-refractivity contribution < 1.29 is 0 Å². The Bertz CT molecular complexity index is 259. The summed E-state index contributed by atoms with van der Waals surface area (Å²) >= 11 is 0. The molecule has 76 valence electrons. The first-order valence-electron chi connectivity index (χ1n) is 6.23. The van der Waals surface area contributed by atoms with Crippen molar-refractivity contribution in [1.82, 2.24) is 0 Å². The van der Waals surface area contributed by atoms with Gasteiger partial charge in [0.05, 0.1) is 0 Å². The Morgan fingerprint density at radius 1 is 1.07 bits per heavy atom. The molecule has 4 fully saturated rings. The Hall–Kier alpha value is -0.510. The van der Waals surface area contributed by atoms with Crippen LogP contribution in [0.5, 0.6) is 0 Å². The van der Waals surface area contributed by atoms with Gasteiger partial charge in [0, 0.05) is 6.92 Å². The molecule has 4 rings (SSSR count). The number of hydrogen-bond donors (Lipinski definition) is 0.